The molecule has 0 radical (unpaired) electrons. The predicted octanol–water partition coefficient (Wildman–Crippen LogP) is -0.522. The molecule has 1 fully saturated rings. The van der Waals surface area contributed by atoms with Gasteiger partial charge in [-0.3, -0.25) is 4.79 Å². The van der Waals surface area contributed by atoms with Crippen molar-refractivity contribution in [3.8, 4) is 0 Å². The van der Waals surface area contributed by atoms with Gasteiger partial charge in [-0.05, 0) is 36.4 Å². The van der Waals surface area contributed by atoms with Crippen LogP contribution in [0.25, 0.3) is 10.9 Å². The fraction of sp³-hybridized carbons (Fsp3) is 0.278. The van der Waals surface area contributed by atoms with E-state index < -0.39 is 15.8 Å². The fourth-order valence-corrected chi connectivity index (χ4v) is 4.74. The van der Waals surface area contributed by atoms with Crippen molar-refractivity contribution in [3.05, 3.63) is 64.7 Å². The number of piperazine rings is 1. The van der Waals surface area contributed by atoms with Crippen molar-refractivity contribution >= 4 is 20.9 Å². The van der Waals surface area contributed by atoms with Gasteiger partial charge < -0.3 is 4.90 Å². The first-order chi connectivity index (χ1) is 13.4. The Labute approximate surface area is 160 Å². The van der Waals surface area contributed by atoms with E-state index >= 15 is 0 Å². The van der Waals surface area contributed by atoms with Gasteiger partial charge in [-0.1, -0.05) is 17.3 Å². The predicted molar refractivity (Wildman–Crippen MR) is 99.7 cm³/mol. The smallest absolute Gasteiger partial charge is 0.282 e. The second kappa shape index (κ2) is 7.38. The SMILES string of the molecule is O=c1c2ccccc2nnn1C[NH+]1CCN(S(=O)(=O)c2ccc(F)cc2)CC1. The maximum atomic E-state index is 13.1. The topological polar surface area (TPSA) is 89.6 Å². The fourth-order valence-electron chi connectivity index (χ4n) is 3.30. The molecule has 0 amide bonds. The highest BCUT2D eigenvalue weighted by atomic mass is 32.2. The average molecular weight is 404 g/mol. The van der Waals surface area contributed by atoms with Crippen molar-refractivity contribution in [2.45, 2.75) is 11.6 Å². The van der Waals surface area contributed by atoms with Gasteiger partial charge in [-0.25, -0.2) is 12.8 Å². The number of nitrogens with one attached hydrogen (secondary N) is 1. The Morgan fingerprint density at radius 1 is 1.04 bits per heavy atom. The number of fused-ring (bicyclic) bond motifs is 1. The Hall–Kier alpha value is -2.69. The summed E-state index contributed by atoms with van der Waals surface area (Å²) >= 11 is 0. The summed E-state index contributed by atoms with van der Waals surface area (Å²) in [6.07, 6.45) is 0. The minimum Gasteiger partial charge on any atom is -0.314 e. The molecule has 1 aliphatic heterocycles. The van der Waals surface area contributed by atoms with E-state index in [2.05, 4.69) is 10.3 Å². The van der Waals surface area contributed by atoms with Gasteiger partial charge in [0.25, 0.3) is 5.56 Å². The molecule has 0 saturated carbocycles. The Balaban J connectivity index is 1.45. The Morgan fingerprint density at radius 2 is 1.71 bits per heavy atom. The van der Waals surface area contributed by atoms with Crippen LogP contribution in [-0.4, -0.2) is 53.9 Å². The average Bonchev–Trinajstić information content (AvgIpc) is 2.71. The summed E-state index contributed by atoms with van der Waals surface area (Å²) in [5, 5.41) is 8.57. The summed E-state index contributed by atoms with van der Waals surface area (Å²) < 4.78 is 41.1. The maximum Gasteiger partial charge on any atom is 0.282 e. The molecule has 1 saturated heterocycles. The van der Waals surface area contributed by atoms with E-state index in [0.29, 0.717) is 43.8 Å². The molecule has 3 aromatic rings. The van der Waals surface area contributed by atoms with Gasteiger partial charge in [0, 0.05) is 0 Å². The number of halogens is 1. The van der Waals surface area contributed by atoms with Crippen molar-refractivity contribution in [2.24, 2.45) is 0 Å². The lowest BCUT2D eigenvalue weighted by molar-refractivity contribution is -0.927. The van der Waals surface area contributed by atoms with Crippen LogP contribution in [0.3, 0.4) is 0 Å². The first-order valence-electron chi connectivity index (χ1n) is 8.87. The van der Waals surface area contributed by atoms with Crippen molar-refractivity contribution in [1.29, 1.82) is 0 Å². The van der Waals surface area contributed by atoms with E-state index in [9.17, 15) is 17.6 Å². The number of hydrogen-bond acceptors (Lipinski definition) is 5. The normalized spacial score (nSPS) is 16.5. The van der Waals surface area contributed by atoms with Crippen LogP contribution in [0.15, 0.2) is 58.2 Å². The highest BCUT2D eigenvalue weighted by Crippen LogP contribution is 2.16. The Morgan fingerprint density at radius 3 is 2.43 bits per heavy atom. The van der Waals surface area contributed by atoms with E-state index in [1.807, 2.05) is 0 Å². The summed E-state index contributed by atoms with van der Waals surface area (Å²) in [5.74, 6) is -0.477. The van der Waals surface area contributed by atoms with Crippen LogP contribution >= 0.6 is 0 Å². The lowest BCUT2D eigenvalue weighted by atomic mass is 10.2. The monoisotopic (exact) mass is 404 g/mol. The highest BCUT2D eigenvalue weighted by molar-refractivity contribution is 7.89. The second-order valence-corrected chi connectivity index (χ2v) is 8.62. The third-order valence-corrected chi connectivity index (χ3v) is 6.80. The Kier molecular flexibility index (Phi) is 4.92. The van der Waals surface area contributed by atoms with Crippen LogP contribution < -0.4 is 10.5 Å². The zero-order valence-corrected chi connectivity index (χ0v) is 15.8. The van der Waals surface area contributed by atoms with Crippen LogP contribution in [0, 0.1) is 5.82 Å². The van der Waals surface area contributed by atoms with Gasteiger partial charge in [-0.15, -0.1) is 5.10 Å². The number of benzene rings is 2. The summed E-state index contributed by atoms with van der Waals surface area (Å²) in [5.41, 5.74) is 0.341. The van der Waals surface area contributed by atoms with Crippen molar-refractivity contribution in [2.75, 3.05) is 26.2 Å². The lowest BCUT2D eigenvalue weighted by Crippen LogP contribution is -3.14. The molecule has 10 heteroatoms. The quantitative estimate of drug-likeness (QED) is 0.632. The summed E-state index contributed by atoms with van der Waals surface area (Å²) in [7, 11) is -3.66. The molecule has 2 aromatic carbocycles. The number of hydrogen-bond donors (Lipinski definition) is 1. The zero-order chi connectivity index (χ0) is 19.7. The molecular formula is C18H19FN5O3S+. The standard InChI is InChI=1S/C18H18FN5O3S/c19-14-5-7-15(8-6-14)28(26,27)23-11-9-22(10-12-23)13-24-18(25)16-3-1-2-4-17(16)20-21-24/h1-8H,9-13H2/p+1. The van der Waals surface area contributed by atoms with Crippen molar-refractivity contribution < 1.29 is 17.7 Å². The van der Waals surface area contributed by atoms with Crippen LogP contribution in [0.5, 0.6) is 0 Å². The number of nitrogens with zero attached hydrogens (tertiary/aromatic N) is 4. The molecule has 0 aliphatic carbocycles. The summed E-state index contributed by atoms with van der Waals surface area (Å²) in [4.78, 5) is 13.7. The van der Waals surface area contributed by atoms with Gasteiger partial charge in [0.1, 0.15) is 11.3 Å². The third-order valence-electron chi connectivity index (χ3n) is 4.88. The first-order valence-corrected chi connectivity index (χ1v) is 10.3. The summed E-state index contributed by atoms with van der Waals surface area (Å²) in [6, 6.07) is 11.8. The number of rotatable bonds is 4. The molecule has 0 bridgehead atoms. The van der Waals surface area contributed by atoms with E-state index in [-0.39, 0.29) is 10.5 Å². The van der Waals surface area contributed by atoms with Gasteiger partial charge >= 0.3 is 0 Å². The van der Waals surface area contributed by atoms with Crippen LogP contribution in [-0.2, 0) is 16.7 Å². The molecule has 0 unspecified atom stereocenters. The van der Waals surface area contributed by atoms with E-state index in [0.717, 1.165) is 17.0 Å². The van der Waals surface area contributed by atoms with E-state index in [1.165, 1.54) is 21.1 Å². The molecule has 0 spiro atoms. The minimum absolute atomic E-state index is 0.0777. The van der Waals surface area contributed by atoms with Gasteiger partial charge in [0.2, 0.25) is 10.0 Å². The van der Waals surface area contributed by atoms with Crippen molar-refractivity contribution in [1.82, 2.24) is 19.3 Å². The molecule has 1 N–H and O–H groups in total. The lowest BCUT2D eigenvalue weighted by Gasteiger charge is -2.31. The maximum absolute atomic E-state index is 13.1. The first kappa shape index (κ1) is 18.7. The molecule has 1 aliphatic rings. The van der Waals surface area contributed by atoms with Gasteiger partial charge in [0.15, 0.2) is 6.67 Å². The third kappa shape index (κ3) is 3.53. The van der Waals surface area contributed by atoms with Gasteiger partial charge in [-0.2, -0.15) is 8.99 Å². The molecule has 28 heavy (non-hydrogen) atoms. The van der Waals surface area contributed by atoms with Crippen molar-refractivity contribution in [3.63, 3.8) is 0 Å². The van der Waals surface area contributed by atoms with Crippen LogP contribution in [0.2, 0.25) is 0 Å². The number of sulfonamides is 1. The summed E-state index contributed by atoms with van der Waals surface area (Å²) in [6.45, 7) is 2.00. The molecular weight excluding hydrogens is 385 g/mol. The second-order valence-electron chi connectivity index (χ2n) is 6.68. The molecule has 1 aromatic heterocycles. The Bertz CT molecular complexity index is 1160. The largest absolute Gasteiger partial charge is 0.314 e. The minimum atomic E-state index is -3.66. The number of quaternary nitrogens is 1. The molecule has 4 rings (SSSR count). The molecule has 146 valence electrons. The zero-order valence-electron chi connectivity index (χ0n) is 15.0. The molecule has 8 nitrogen and oxygen atoms in total. The van der Waals surface area contributed by atoms with E-state index in [1.54, 1.807) is 24.3 Å². The molecule has 2 heterocycles. The van der Waals surface area contributed by atoms with Crippen LogP contribution in [0.4, 0.5) is 4.39 Å². The van der Waals surface area contributed by atoms with Gasteiger partial charge in [0.05, 0.1) is 36.5 Å². The molecule has 0 atom stereocenters. The van der Waals surface area contributed by atoms with Crippen LogP contribution in [0.1, 0.15) is 0 Å². The highest BCUT2D eigenvalue weighted by Gasteiger charge is 2.30. The van der Waals surface area contributed by atoms with E-state index in [4.69, 9.17) is 0 Å². The number of aromatic nitrogens is 3.